The Morgan fingerprint density at radius 2 is 2.00 bits per heavy atom. The van der Waals surface area contributed by atoms with Crippen LogP contribution in [0.2, 0.25) is 0 Å². The van der Waals surface area contributed by atoms with E-state index in [1.807, 2.05) is 0 Å². The van der Waals surface area contributed by atoms with E-state index in [0.717, 1.165) is 6.08 Å². The zero-order chi connectivity index (χ0) is 8.20. The fourth-order valence-corrected chi connectivity index (χ4v) is 0.399. The fourth-order valence-electron chi connectivity index (χ4n) is 0.399. The van der Waals surface area contributed by atoms with E-state index in [1.165, 1.54) is 6.92 Å². The van der Waals surface area contributed by atoms with Crippen LogP contribution in [0.15, 0.2) is 12.2 Å². The molecule has 0 amide bonds. The highest BCUT2D eigenvalue weighted by Gasteiger charge is 2.21. The minimum atomic E-state index is -4.26. The summed E-state index contributed by atoms with van der Waals surface area (Å²) in [4.78, 5) is 0. The zero-order valence-corrected chi connectivity index (χ0v) is 5.52. The molecule has 0 saturated carbocycles. The molecular formula is C6H9F3O. The monoisotopic (exact) mass is 154 g/mol. The van der Waals surface area contributed by atoms with Crippen LogP contribution in [-0.4, -0.2) is 17.4 Å². The first kappa shape index (κ1) is 9.49. The molecule has 0 fully saturated rings. The van der Waals surface area contributed by atoms with E-state index in [-0.39, 0.29) is 12.5 Å². The molecule has 1 atom stereocenters. The van der Waals surface area contributed by atoms with Crippen molar-refractivity contribution >= 4 is 0 Å². The van der Waals surface area contributed by atoms with Gasteiger partial charge in [0.05, 0.1) is 6.10 Å². The molecule has 0 aliphatic rings. The lowest BCUT2D eigenvalue weighted by Crippen LogP contribution is -2.02. The second kappa shape index (κ2) is 3.61. The van der Waals surface area contributed by atoms with Gasteiger partial charge >= 0.3 is 6.18 Å². The van der Waals surface area contributed by atoms with Crippen LogP contribution < -0.4 is 0 Å². The van der Waals surface area contributed by atoms with E-state index < -0.39 is 12.3 Å². The summed E-state index contributed by atoms with van der Waals surface area (Å²) in [5, 5.41) is 8.53. The molecule has 0 aromatic carbocycles. The summed E-state index contributed by atoms with van der Waals surface area (Å²) in [6.07, 6.45) is -3.89. The average molecular weight is 154 g/mol. The van der Waals surface area contributed by atoms with Crippen molar-refractivity contribution < 1.29 is 18.3 Å². The highest BCUT2D eigenvalue weighted by Crippen LogP contribution is 2.16. The third kappa shape index (κ3) is 7.49. The molecule has 1 unspecified atom stereocenters. The second-order valence-electron chi connectivity index (χ2n) is 2.03. The Kier molecular flexibility index (Phi) is 3.42. The molecule has 0 spiro atoms. The maximum Gasteiger partial charge on any atom is 0.409 e. The summed E-state index contributed by atoms with van der Waals surface area (Å²) >= 11 is 0. The van der Waals surface area contributed by atoms with Gasteiger partial charge in [-0.15, -0.1) is 0 Å². The maximum atomic E-state index is 11.3. The second-order valence-corrected chi connectivity index (χ2v) is 2.03. The number of aliphatic hydroxyl groups excluding tert-OH is 1. The van der Waals surface area contributed by atoms with Crippen molar-refractivity contribution in [1.29, 1.82) is 0 Å². The minimum Gasteiger partial charge on any atom is -0.393 e. The largest absolute Gasteiger partial charge is 0.409 e. The minimum absolute atomic E-state index is 0.0412. The number of alkyl halides is 3. The van der Waals surface area contributed by atoms with E-state index in [4.69, 9.17) is 5.11 Å². The lowest BCUT2D eigenvalue weighted by molar-refractivity contribution is -0.0801. The first-order chi connectivity index (χ1) is 4.42. The number of aliphatic hydroxyl groups is 1. The van der Waals surface area contributed by atoms with Gasteiger partial charge < -0.3 is 5.11 Å². The van der Waals surface area contributed by atoms with Crippen molar-refractivity contribution in [1.82, 2.24) is 0 Å². The quantitative estimate of drug-likeness (QED) is 0.602. The average Bonchev–Trinajstić information content (AvgIpc) is 1.59. The van der Waals surface area contributed by atoms with Crippen LogP contribution in [0.4, 0.5) is 13.2 Å². The van der Waals surface area contributed by atoms with Crippen molar-refractivity contribution in [3.05, 3.63) is 12.2 Å². The molecule has 10 heavy (non-hydrogen) atoms. The Labute approximate surface area is 57.2 Å². The fraction of sp³-hybridized carbons (Fsp3) is 0.667. The first-order valence-corrected chi connectivity index (χ1v) is 2.84. The Morgan fingerprint density at radius 1 is 1.50 bits per heavy atom. The zero-order valence-electron chi connectivity index (χ0n) is 5.52. The van der Waals surface area contributed by atoms with Gasteiger partial charge in [-0.05, 0) is 13.3 Å². The Balaban J connectivity index is 3.57. The smallest absolute Gasteiger partial charge is 0.393 e. The van der Waals surface area contributed by atoms with Gasteiger partial charge in [0.25, 0.3) is 0 Å². The summed E-state index contributed by atoms with van der Waals surface area (Å²) in [5.74, 6) is 0. The van der Waals surface area contributed by atoms with Gasteiger partial charge in [-0.2, -0.15) is 13.2 Å². The molecule has 0 bridgehead atoms. The van der Waals surface area contributed by atoms with Gasteiger partial charge in [-0.1, -0.05) is 6.08 Å². The SMILES string of the molecule is CC(O)CC=CC(F)(F)F. The number of allylic oxidation sites excluding steroid dienone is 1. The summed E-state index contributed by atoms with van der Waals surface area (Å²) in [6, 6.07) is 0. The molecule has 0 saturated heterocycles. The summed E-state index contributed by atoms with van der Waals surface area (Å²) in [5.41, 5.74) is 0. The van der Waals surface area contributed by atoms with Gasteiger partial charge in [0.1, 0.15) is 0 Å². The van der Waals surface area contributed by atoms with Crippen molar-refractivity contribution in [2.24, 2.45) is 0 Å². The van der Waals surface area contributed by atoms with Gasteiger partial charge in [0, 0.05) is 6.08 Å². The Morgan fingerprint density at radius 3 is 2.30 bits per heavy atom. The summed E-state index contributed by atoms with van der Waals surface area (Å²) < 4.78 is 34.0. The molecule has 0 aromatic heterocycles. The molecule has 0 radical (unpaired) electrons. The molecule has 0 aromatic rings. The van der Waals surface area contributed by atoms with E-state index in [1.54, 1.807) is 0 Å². The molecule has 0 rings (SSSR count). The van der Waals surface area contributed by atoms with E-state index >= 15 is 0 Å². The lowest BCUT2D eigenvalue weighted by atomic mass is 10.3. The van der Waals surface area contributed by atoms with Crippen LogP contribution in [0, 0.1) is 0 Å². The van der Waals surface area contributed by atoms with Crippen molar-refractivity contribution in [2.75, 3.05) is 0 Å². The first-order valence-electron chi connectivity index (χ1n) is 2.84. The standard InChI is InChI=1S/C6H9F3O/c1-5(10)3-2-4-6(7,8)9/h2,4-5,10H,3H2,1H3. The van der Waals surface area contributed by atoms with Crippen molar-refractivity contribution in [2.45, 2.75) is 25.6 Å². The molecule has 60 valence electrons. The number of rotatable bonds is 2. The molecule has 0 aliphatic carbocycles. The normalized spacial score (nSPS) is 16.1. The molecule has 4 heteroatoms. The third-order valence-corrected chi connectivity index (χ3v) is 0.784. The highest BCUT2D eigenvalue weighted by atomic mass is 19.4. The van der Waals surface area contributed by atoms with Crippen LogP contribution in [0.3, 0.4) is 0 Å². The molecule has 0 heterocycles. The number of halogens is 3. The van der Waals surface area contributed by atoms with Crippen LogP contribution in [0.1, 0.15) is 13.3 Å². The van der Waals surface area contributed by atoms with Gasteiger partial charge in [-0.3, -0.25) is 0 Å². The molecule has 1 N–H and O–H groups in total. The van der Waals surface area contributed by atoms with Gasteiger partial charge in [0.15, 0.2) is 0 Å². The van der Waals surface area contributed by atoms with Crippen LogP contribution in [-0.2, 0) is 0 Å². The van der Waals surface area contributed by atoms with Crippen LogP contribution >= 0.6 is 0 Å². The predicted octanol–water partition coefficient (Wildman–Crippen LogP) is 1.88. The third-order valence-electron chi connectivity index (χ3n) is 0.784. The summed E-state index contributed by atoms with van der Waals surface area (Å²) in [6.45, 7) is 1.43. The van der Waals surface area contributed by atoms with Crippen LogP contribution in [0.5, 0.6) is 0 Å². The lowest BCUT2D eigenvalue weighted by Gasteiger charge is -1.98. The molecule has 0 aliphatic heterocycles. The summed E-state index contributed by atoms with van der Waals surface area (Å²) in [7, 11) is 0. The Hall–Kier alpha value is -0.510. The molecule has 1 nitrogen and oxygen atoms in total. The van der Waals surface area contributed by atoms with E-state index in [0.29, 0.717) is 0 Å². The Bertz CT molecular complexity index is 115. The number of hydrogen-bond acceptors (Lipinski definition) is 1. The predicted molar refractivity (Wildman–Crippen MR) is 31.5 cm³/mol. The van der Waals surface area contributed by atoms with Gasteiger partial charge in [-0.25, -0.2) is 0 Å². The van der Waals surface area contributed by atoms with E-state index in [9.17, 15) is 13.2 Å². The maximum absolute atomic E-state index is 11.3. The topological polar surface area (TPSA) is 20.2 Å². The molecular weight excluding hydrogens is 145 g/mol. The van der Waals surface area contributed by atoms with E-state index in [2.05, 4.69) is 0 Å². The van der Waals surface area contributed by atoms with Crippen LogP contribution in [0.25, 0.3) is 0 Å². The van der Waals surface area contributed by atoms with Crippen molar-refractivity contribution in [3.8, 4) is 0 Å². The number of hydrogen-bond donors (Lipinski definition) is 1. The highest BCUT2D eigenvalue weighted by molar-refractivity contribution is 4.89. The van der Waals surface area contributed by atoms with Gasteiger partial charge in [0.2, 0.25) is 0 Å². The van der Waals surface area contributed by atoms with Crippen molar-refractivity contribution in [3.63, 3.8) is 0 Å².